The highest BCUT2D eigenvalue weighted by Crippen LogP contribution is 2.33. The van der Waals surface area contributed by atoms with Gasteiger partial charge in [-0.2, -0.15) is 0 Å². The van der Waals surface area contributed by atoms with Crippen LogP contribution in [-0.2, 0) is 19.1 Å². The number of aliphatic hydroxyl groups excluding tert-OH is 3. The zero-order chi connectivity index (χ0) is 26.5. The zero-order valence-electron chi connectivity index (χ0n) is 19.8. The SMILES string of the molecule is CO[C@]1(C(=O)O)C[C@@H](O)[C@@H](NC(C)=O)C([C@@H](O)[C@H](O)CNC(=O)c2ccc(-c3ccccc3)cc2)O1. The highest BCUT2D eigenvalue weighted by atomic mass is 16.7. The van der Waals surface area contributed by atoms with Crippen LogP contribution in [0.3, 0.4) is 0 Å². The van der Waals surface area contributed by atoms with Gasteiger partial charge in [-0.05, 0) is 23.3 Å². The van der Waals surface area contributed by atoms with Crippen molar-refractivity contribution < 1.29 is 44.3 Å². The number of carboxylic acid groups (broad SMARTS) is 1. The van der Waals surface area contributed by atoms with E-state index in [-0.39, 0.29) is 0 Å². The van der Waals surface area contributed by atoms with Gasteiger partial charge in [0.05, 0.1) is 18.2 Å². The molecule has 1 unspecified atom stereocenters. The van der Waals surface area contributed by atoms with Gasteiger partial charge in [0.1, 0.15) is 12.2 Å². The first-order chi connectivity index (χ1) is 17.1. The van der Waals surface area contributed by atoms with Crippen molar-refractivity contribution in [3.05, 3.63) is 60.2 Å². The highest BCUT2D eigenvalue weighted by molar-refractivity contribution is 5.94. The van der Waals surface area contributed by atoms with E-state index in [9.17, 15) is 34.8 Å². The van der Waals surface area contributed by atoms with E-state index in [4.69, 9.17) is 9.47 Å². The smallest absolute Gasteiger partial charge is 0.364 e. The number of nitrogens with one attached hydrogen (secondary N) is 2. The standard InChI is InChI=1S/C25H30N2O9/c1-14(28)27-20-18(29)12-25(35-2,24(33)34)36-22(20)21(31)19(30)13-26-23(32)17-10-8-16(9-11-17)15-6-4-3-5-7-15/h3-11,18-22,29-31H,12-13H2,1-2H3,(H,26,32)(H,27,28)(H,33,34)/t18-,19-,20-,21+,22?,25-/m1/s1. The molecule has 0 radical (unpaired) electrons. The molecule has 11 heteroatoms. The Balaban J connectivity index is 1.68. The Morgan fingerprint density at radius 2 is 1.69 bits per heavy atom. The van der Waals surface area contributed by atoms with Crippen LogP contribution in [0, 0.1) is 0 Å². The molecule has 0 spiro atoms. The first-order valence-electron chi connectivity index (χ1n) is 11.3. The summed E-state index contributed by atoms with van der Waals surface area (Å²) >= 11 is 0. The second-order valence-electron chi connectivity index (χ2n) is 8.55. The second kappa shape index (κ2) is 11.6. The maximum absolute atomic E-state index is 12.6. The van der Waals surface area contributed by atoms with E-state index in [0.29, 0.717) is 5.56 Å². The lowest BCUT2D eigenvalue weighted by Gasteiger charge is -2.46. The number of carboxylic acids is 1. The number of hydrogen-bond donors (Lipinski definition) is 6. The summed E-state index contributed by atoms with van der Waals surface area (Å²) in [5, 5.41) is 46.3. The third-order valence-electron chi connectivity index (χ3n) is 6.06. The third kappa shape index (κ3) is 6.07. The predicted molar refractivity (Wildman–Crippen MR) is 127 cm³/mol. The molecular formula is C25H30N2O9. The Bertz CT molecular complexity index is 1060. The Labute approximate surface area is 207 Å². The molecule has 0 bridgehead atoms. The van der Waals surface area contributed by atoms with Gasteiger partial charge in [-0.15, -0.1) is 0 Å². The van der Waals surface area contributed by atoms with Gasteiger partial charge in [-0.25, -0.2) is 4.79 Å². The number of methoxy groups -OCH3 is 1. The van der Waals surface area contributed by atoms with Crippen LogP contribution in [0.2, 0.25) is 0 Å². The van der Waals surface area contributed by atoms with Gasteiger partial charge in [0.15, 0.2) is 0 Å². The molecule has 1 saturated heterocycles. The van der Waals surface area contributed by atoms with E-state index >= 15 is 0 Å². The summed E-state index contributed by atoms with van der Waals surface area (Å²) in [5.41, 5.74) is 2.22. The van der Waals surface area contributed by atoms with Gasteiger partial charge in [-0.1, -0.05) is 42.5 Å². The van der Waals surface area contributed by atoms with Gasteiger partial charge in [0.25, 0.3) is 11.7 Å². The molecule has 1 aliphatic heterocycles. The van der Waals surface area contributed by atoms with Crippen LogP contribution in [0.5, 0.6) is 0 Å². The molecule has 11 nitrogen and oxygen atoms in total. The minimum atomic E-state index is -2.30. The Morgan fingerprint density at radius 3 is 2.25 bits per heavy atom. The summed E-state index contributed by atoms with van der Waals surface area (Å²) in [6, 6.07) is 15.1. The number of carbonyl (C=O) groups is 3. The highest BCUT2D eigenvalue weighted by Gasteiger charge is 2.55. The molecule has 194 valence electrons. The fourth-order valence-electron chi connectivity index (χ4n) is 4.10. The Hall–Kier alpha value is -3.35. The first kappa shape index (κ1) is 27.2. The molecule has 1 fully saturated rings. The maximum atomic E-state index is 12.6. The fraction of sp³-hybridized carbons (Fsp3) is 0.400. The van der Waals surface area contributed by atoms with E-state index in [2.05, 4.69) is 10.6 Å². The number of hydrogen-bond acceptors (Lipinski definition) is 8. The monoisotopic (exact) mass is 502 g/mol. The van der Waals surface area contributed by atoms with Crippen LogP contribution in [0.15, 0.2) is 54.6 Å². The summed E-state index contributed by atoms with van der Waals surface area (Å²) in [7, 11) is 1.06. The maximum Gasteiger partial charge on any atom is 0.364 e. The largest absolute Gasteiger partial charge is 0.477 e. The Morgan fingerprint density at radius 1 is 1.08 bits per heavy atom. The van der Waals surface area contributed by atoms with Crippen LogP contribution in [0.25, 0.3) is 11.1 Å². The lowest BCUT2D eigenvalue weighted by Crippen LogP contribution is -2.68. The fourth-order valence-corrected chi connectivity index (χ4v) is 4.10. The average molecular weight is 503 g/mol. The zero-order valence-corrected chi connectivity index (χ0v) is 19.8. The van der Waals surface area contributed by atoms with Crippen molar-refractivity contribution in [2.45, 2.75) is 49.6 Å². The minimum Gasteiger partial charge on any atom is -0.477 e. The normalized spacial score (nSPS) is 25.4. The van der Waals surface area contributed by atoms with E-state index in [1.807, 2.05) is 30.3 Å². The van der Waals surface area contributed by atoms with Crippen LogP contribution in [0.1, 0.15) is 23.7 Å². The van der Waals surface area contributed by atoms with Crippen molar-refractivity contribution in [2.24, 2.45) is 0 Å². The van der Waals surface area contributed by atoms with Gasteiger partial charge >= 0.3 is 5.97 Å². The lowest BCUT2D eigenvalue weighted by molar-refractivity contribution is -0.303. The van der Waals surface area contributed by atoms with E-state index in [1.54, 1.807) is 24.3 Å². The molecular weight excluding hydrogens is 472 g/mol. The quantitative estimate of drug-likeness (QED) is 0.273. The number of amides is 2. The Kier molecular flexibility index (Phi) is 8.77. The summed E-state index contributed by atoms with van der Waals surface area (Å²) in [4.78, 5) is 35.9. The molecule has 6 atom stereocenters. The molecule has 3 rings (SSSR count). The van der Waals surface area contributed by atoms with Gasteiger partial charge < -0.3 is 40.5 Å². The number of rotatable bonds is 9. The molecule has 6 N–H and O–H groups in total. The second-order valence-corrected chi connectivity index (χ2v) is 8.55. The van der Waals surface area contributed by atoms with Crippen LogP contribution in [0.4, 0.5) is 0 Å². The number of aliphatic hydroxyl groups is 3. The van der Waals surface area contributed by atoms with Crippen molar-refractivity contribution in [3.8, 4) is 11.1 Å². The molecule has 0 saturated carbocycles. The third-order valence-corrected chi connectivity index (χ3v) is 6.06. The summed E-state index contributed by atoms with van der Waals surface area (Å²) in [6.07, 6.45) is -6.99. The minimum absolute atomic E-state index is 0.320. The van der Waals surface area contributed by atoms with Crippen molar-refractivity contribution in [3.63, 3.8) is 0 Å². The average Bonchev–Trinajstić information content (AvgIpc) is 2.88. The molecule has 2 aromatic rings. The summed E-state index contributed by atoms with van der Waals surface area (Å²) < 4.78 is 10.4. The first-order valence-corrected chi connectivity index (χ1v) is 11.3. The van der Waals surface area contributed by atoms with Crippen LogP contribution < -0.4 is 10.6 Å². The molecule has 0 aromatic heterocycles. The van der Waals surface area contributed by atoms with Crippen molar-refractivity contribution in [1.82, 2.24) is 10.6 Å². The van der Waals surface area contributed by atoms with Gasteiger partial charge in [0.2, 0.25) is 5.91 Å². The lowest BCUT2D eigenvalue weighted by atomic mass is 9.88. The van der Waals surface area contributed by atoms with Crippen molar-refractivity contribution in [2.75, 3.05) is 13.7 Å². The van der Waals surface area contributed by atoms with Gasteiger partial charge in [-0.3, -0.25) is 9.59 Å². The topological polar surface area (TPSA) is 175 Å². The van der Waals surface area contributed by atoms with E-state index in [1.165, 1.54) is 6.92 Å². The summed E-state index contributed by atoms with van der Waals surface area (Å²) in [6.45, 7) is 0.751. The van der Waals surface area contributed by atoms with Crippen molar-refractivity contribution >= 4 is 17.8 Å². The number of aliphatic carboxylic acids is 1. The van der Waals surface area contributed by atoms with Crippen LogP contribution in [-0.4, -0.2) is 88.1 Å². The summed E-state index contributed by atoms with van der Waals surface area (Å²) in [5.74, 6) is -4.93. The van der Waals surface area contributed by atoms with E-state index < -0.39 is 67.0 Å². The molecule has 1 aliphatic rings. The number of benzene rings is 2. The molecule has 1 heterocycles. The van der Waals surface area contributed by atoms with Gasteiger partial charge in [0, 0.05) is 32.6 Å². The van der Waals surface area contributed by atoms with Crippen molar-refractivity contribution in [1.29, 1.82) is 0 Å². The number of carbonyl (C=O) groups excluding carboxylic acids is 2. The molecule has 2 amide bonds. The van der Waals surface area contributed by atoms with E-state index in [0.717, 1.165) is 18.2 Å². The predicted octanol–water partition coefficient (Wildman–Crippen LogP) is -0.113. The van der Waals surface area contributed by atoms with Crippen LogP contribution >= 0.6 is 0 Å². The molecule has 2 aromatic carbocycles. The number of ether oxygens (including phenoxy) is 2. The molecule has 0 aliphatic carbocycles. The molecule has 36 heavy (non-hydrogen) atoms.